The molecule has 0 amide bonds. The molecule has 0 aliphatic heterocycles. The van der Waals surface area contributed by atoms with Crippen LogP contribution in [-0.2, 0) is 14.3 Å². The van der Waals surface area contributed by atoms with Crippen molar-refractivity contribution in [3.8, 4) is 0 Å². The van der Waals surface area contributed by atoms with Crippen molar-refractivity contribution in [1.29, 1.82) is 0 Å². The average molecular weight is 364 g/mol. The Morgan fingerprint density at radius 2 is 1.77 bits per heavy atom. The smallest absolute Gasteiger partial charge is 0.330 e. The first kappa shape index (κ1) is 22.3. The minimum Gasteiger partial charge on any atom is -0.466 e. The van der Waals surface area contributed by atoms with E-state index in [0.717, 1.165) is 19.3 Å². The van der Waals surface area contributed by atoms with Gasteiger partial charge in [-0.3, -0.25) is 4.79 Å². The zero-order valence-corrected chi connectivity index (χ0v) is 15.8. The Labute approximate surface area is 156 Å². The minimum atomic E-state index is -0.597. The summed E-state index contributed by atoms with van der Waals surface area (Å²) in [5.41, 5.74) is 0. The summed E-state index contributed by atoms with van der Waals surface area (Å²) in [6, 6.07) is 0. The van der Waals surface area contributed by atoms with Crippen molar-refractivity contribution < 1.29 is 24.5 Å². The number of hydrogen-bond donors (Lipinski definition) is 2. The molecule has 1 rings (SSSR count). The summed E-state index contributed by atoms with van der Waals surface area (Å²) in [6.45, 7) is 2.11. The van der Waals surface area contributed by atoms with Gasteiger partial charge in [0.25, 0.3) is 0 Å². The molecule has 26 heavy (non-hydrogen) atoms. The Morgan fingerprint density at radius 1 is 1.04 bits per heavy atom. The van der Waals surface area contributed by atoms with Crippen LogP contribution >= 0.6 is 0 Å². The highest BCUT2D eigenvalue weighted by atomic mass is 16.5. The Balaban J connectivity index is 2.51. The van der Waals surface area contributed by atoms with E-state index in [1.54, 1.807) is 24.3 Å². The number of carbonyl (C=O) groups excluding carboxylic acids is 2. The minimum absolute atomic E-state index is 0.101. The molecule has 0 bridgehead atoms. The van der Waals surface area contributed by atoms with Crippen LogP contribution in [0.1, 0.15) is 51.9 Å². The van der Waals surface area contributed by atoms with Gasteiger partial charge >= 0.3 is 5.97 Å². The van der Waals surface area contributed by atoms with Gasteiger partial charge in [0.2, 0.25) is 0 Å². The summed E-state index contributed by atoms with van der Waals surface area (Å²) in [7, 11) is 1.32. The molecule has 1 aliphatic carbocycles. The van der Waals surface area contributed by atoms with Gasteiger partial charge in [-0.15, -0.1) is 0 Å². The molecule has 0 saturated heterocycles. The van der Waals surface area contributed by atoms with Crippen molar-refractivity contribution in [1.82, 2.24) is 0 Å². The first-order valence-corrected chi connectivity index (χ1v) is 9.46. The molecular formula is C21H32O5. The molecule has 5 heteroatoms. The quantitative estimate of drug-likeness (QED) is 0.255. The second kappa shape index (κ2) is 12.6. The number of carbonyl (C=O) groups is 2. The fraction of sp³-hybridized carbons (Fsp3) is 0.619. The van der Waals surface area contributed by atoms with Crippen LogP contribution in [0.5, 0.6) is 0 Å². The van der Waals surface area contributed by atoms with E-state index in [1.807, 2.05) is 6.08 Å². The predicted octanol–water partition coefficient (Wildman–Crippen LogP) is 3.12. The Morgan fingerprint density at radius 3 is 2.46 bits per heavy atom. The van der Waals surface area contributed by atoms with Crippen LogP contribution in [0, 0.1) is 11.8 Å². The second-order valence-electron chi connectivity index (χ2n) is 6.80. The lowest BCUT2D eigenvalue weighted by Gasteiger charge is -2.20. The highest BCUT2D eigenvalue weighted by molar-refractivity contribution is 5.82. The number of methoxy groups -OCH3 is 1. The van der Waals surface area contributed by atoms with Gasteiger partial charge in [0.05, 0.1) is 19.3 Å². The summed E-state index contributed by atoms with van der Waals surface area (Å²) in [5.74, 6) is -0.447. The SMILES string of the molecule is CCCCCC(=O)CCC1C(O)CC(O)C1C=CC=CC=CC(=O)OC. The van der Waals surface area contributed by atoms with Gasteiger partial charge in [-0.1, -0.05) is 50.1 Å². The number of ether oxygens (including phenoxy) is 1. The number of ketones is 1. The molecule has 1 saturated carbocycles. The zero-order chi connectivity index (χ0) is 19.4. The van der Waals surface area contributed by atoms with E-state index in [9.17, 15) is 19.8 Å². The number of hydrogen-bond acceptors (Lipinski definition) is 5. The average Bonchev–Trinajstić information content (AvgIpc) is 2.89. The molecule has 0 heterocycles. The van der Waals surface area contributed by atoms with E-state index in [2.05, 4.69) is 11.7 Å². The monoisotopic (exact) mass is 364 g/mol. The molecule has 1 fully saturated rings. The molecule has 4 unspecified atom stereocenters. The van der Waals surface area contributed by atoms with Crippen molar-refractivity contribution in [2.24, 2.45) is 11.8 Å². The summed E-state index contributed by atoms with van der Waals surface area (Å²) < 4.78 is 4.49. The fourth-order valence-corrected chi connectivity index (χ4v) is 3.32. The summed E-state index contributed by atoms with van der Waals surface area (Å²) >= 11 is 0. The van der Waals surface area contributed by atoms with Crippen LogP contribution in [0.15, 0.2) is 36.5 Å². The van der Waals surface area contributed by atoms with E-state index in [1.165, 1.54) is 13.2 Å². The second-order valence-corrected chi connectivity index (χ2v) is 6.80. The van der Waals surface area contributed by atoms with Gasteiger partial charge in [0, 0.05) is 31.3 Å². The summed E-state index contributed by atoms with van der Waals surface area (Å²) in [4.78, 5) is 22.9. The molecule has 5 nitrogen and oxygen atoms in total. The highest BCUT2D eigenvalue weighted by Crippen LogP contribution is 2.36. The van der Waals surface area contributed by atoms with Gasteiger partial charge in [-0.2, -0.15) is 0 Å². The third-order valence-electron chi connectivity index (χ3n) is 4.83. The molecule has 2 N–H and O–H groups in total. The zero-order valence-electron chi connectivity index (χ0n) is 15.8. The number of Topliss-reactive ketones (excluding diaryl/α,β-unsaturated/α-hetero) is 1. The third kappa shape index (κ3) is 8.11. The maximum Gasteiger partial charge on any atom is 0.330 e. The Bertz CT molecular complexity index is 520. The molecule has 0 radical (unpaired) electrons. The Kier molecular flexibility index (Phi) is 10.8. The lowest BCUT2D eigenvalue weighted by Crippen LogP contribution is -2.21. The molecule has 0 spiro atoms. The first-order valence-electron chi connectivity index (χ1n) is 9.46. The van der Waals surface area contributed by atoms with Crippen LogP contribution < -0.4 is 0 Å². The predicted molar refractivity (Wildman–Crippen MR) is 101 cm³/mol. The van der Waals surface area contributed by atoms with Crippen LogP contribution in [0.25, 0.3) is 0 Å². The third-order valence-corrected chi connectivity index (χ3v) is 4.83. The molecule has 0 aromatic rings. The van der Waals surface area contributed by atoms with Gasteiger partial charge in [-0.25, -0.2) is 4.79 Å². The van der Waals surface area contributed by atoms with Crippen molar-refractivity contribution in [3.63, 3.8) is 0 Å². The van der Waals surface area contributed by atoms with Crippen LogP contribution in [0.4, 0.5) is 0 Å². The van der Waals surface area contributed by atoms with Gasteiger partial charge in [0.1, 0.15) is 5.78 Å². The van der Waals surface area contributed by atoms with Crippen molar-refractivity contribution in [3.05, 3.63) is 36.5 Å². The lowest BCUT2D eigenvalue weighted by molar-refractivity contribution is -0.134. The number of unbranched alkanes of at least 4 members (excludes halogenated alkanes) is 2. The molecule has 4 atom stereocenters. The summed E-state index contributed by atoms with van der Waals surface area (Å²) in [6.07, 6.45) is 13.9. The summed E-state index contributed by atoms with van der Waals surface area (Å²) in [5, 5.41) is 20.4. The van der Waals surface area contributed by atoms with Gasteiger partial charge in [0.15, 0.2) is 0 Å². The number of allylic oxidation sites excluding steroid dienone is 4. The van der Waals surface area contributed by atoms with Gasteiger partial charge < -0.3 is 14.9 Å². The maximum absolute atomic E-state index is 12.0. The molecular weight excluding hydrogens is 332 g/mol. The van der Waals surface area contributed by atoms with E-state index < -0.39 is 18.2 Å². The highest BCUT2D eigenvalue weighted by Gasteiger charge is 2.39. The Hall–Kier alpha value is -1.72. The van der Waals surface area contributed by atoms with Crippen LogP contribution in [0.3, 0.4) is 0 Å². The molecule has 0 aromatic heterocycles. The van der Waals surface area contributed by atoms with E-state index in [0.29, 0.717) is 25.7 Å². The van der Waals surface area contributed by atoms with Crippen LogP contribution in [-0.4, -0.2) is 41.3 Å². The fourth-order valence-electron chi connectivity index (χ4n) is 3.32. The van der Waals surface area contributed by atoms with Crippen LogP contribution in [0.2, 0.25) is 0 Å². The number of aliphatic hydroxyl groups excluding tert-OH is 2. The lowest BCUT2D eigenvalue weighted by atomic mass is 9.88. The normalized spacial score (nSPS) is 26.3. The standard InChI is InChI=1S/C21H32O5/c1-3-4-7-10-16(22)13-14-18-17(19(23)15-20(18)24)11-8-5-6-9-12-21(25)26-2/h5-6,8-9,11-12,17-20,23-24H,3-4,7,10,13-15H2,1-2H3. The number of rotatable bonds is 11. The van der Waals surface area contributed by atoms with E-state index in [4.69, 9.17) is 0 Å². The molecule has 1 aliphatic rings. The number of esters is 1. The van der Waals surface area contributed by atoms with Crippen molar-refractivity contribution in [2.75, 3.05) is 7.11 Å². The molecule has 146 valence electrons. The first-order chi connectivity index (χ1) is 12.5. The van der Waals surface area contributed by atoms with E-state index in [-0.39, 0.29) is 17.6 Å². The topological polar surface area (TPSA) is 83.8 Å². The molecule has 0 aromatic carbocycles. The maximum atomic E-state index is 12.0. The largest absolute Gasteiger partial charge is 0.466 e. The van der Waals surface area contributed by atoms with Gasteiger partial charge in [-0.05, 0) is 18.8 Å². The van der Waals surface area contributed by atoms with Crippen molar-refractivity contribution >= 4 is 11.8 Å². The number of aliphatic hydroxyl groups is 2. The van der Waals surface area contributed by atoms with Crippen molar-refractivity contribution in [2.45, 2.75) is 64.1 Å². The van der Waals surface area contributed by atoms with E-state index >= 15 is 0 Å².